The topological polar surface area (TPSA) is 21.3 Å². The maximum Gasteiger partial charge on any atom is 0.118 e. The molecule has 0 bridgehead atoms. The van der Waals surface area contributed by atoms with Crippen LogP contribution in [0.1, 0.15) is 46.2 Å². The summed E-state index contributed by atoms with van der Waals surface area (Å²) in [5, 5.41) is 3.47. The van der Waals surface area contributed by atoms with Gasteiger partial charge in [-0.1, -0.05) is 18.6 Å². The second kappa shape index (κ2) is 6.63. The van der Waals surface area contributed by atoms with E-state index in [-0.39, 0.29) is 6.04 Å². The fourth-order valence-electron chi connectivity index (χ4n) is 3.10. The monoisotopic (exact) mass is 301 g/mol. The average molecular weight is 301 g/mol. The smallest absolute Gasteiger partial charge is 0.118 e. The number of hydrogen-bond donors (Lipinski definition) is 1. The Morgan fingerprint density at radius 1 is 1.10 bits per heavy atom. The fourth-order valence-corrected chi connectivity index (χ4v) is 4.50. The highest BCUT2D eigenvalue weighted by atomic mass is 32.1. The van der Waals surface area contributed by atoms with Gasteiger partial charge in [-0.2, -0.15) is 0 Å². The Labute approximate surface area is 131 Å². The standard InChI is InChI=1S/C18H23NOS/c1-19-18(13-8-10-15(20-2)11-9-13)17-12-14-6-4-3-5-7-16(14)21-17/h8-12,18-19H,3-7H2,1-2H3. The van der Waals surface area contributed by atoms with E-state index >= 15 is 0 Å². The Hall–Kier alpha value is -1.32. The van der Waals surface area contributed by atoms with Crippen molar-refractivity contribution in [2.45, 2.75) is 38.1 Å². The van der Waals surface area contributed by atoms with Gasteiger partial charge in [0.2, 0.25) is 0 Å². The zero-order valence-corrected chi connectivity index (χ0v) is 13.6. The fraction of sp³-hybridized carbons (Fsp3) is 0.444. The second-order valence-corrected chi connectivity index (χ2v) is 6.82. The van der Waals surface area contributed by atoms with Gasteiger partial charge < -0.3 is 10.1 Å². The maximum absolute atomic E-state index is 5.25. The number of nitrogens with one attached hydrogen (secondary N) is 1. The van der Waals surface area contributed by atoms with Gasteiger partial charge in [0.25, 0.3) is 0 Å². The molecule has 21 heavy (non-hydrogen) atoms. The molecule has 1 unspecified atom stereocenters. The van der Waals surface area contributed by atoms with Gasteiger partial charge in [-0.25, -0.2) is 0 Å². The first-order chi connectivity index (χ1) is 10.3. The predicted octanol–water partition coefficient (Wildman–Crippen LogP) is 4.33. The van der Waals surface area contributed by atoms with E-state index in [2.05, 4.69) is 23.5 Å². The van der Waals surface area contributed by atoms with E-state index in [4.69, 9.17) is 4.74 Å². The van der Waals surface area contributed by atoms with Crippen LogP contribution in [-0.4, -0.2) is 14.2 Å². The minimum atomic E-state index is 0.285. The molecule has 2 nitrogen and oxygen atoms in total. The molecule has 0 saturated heterocycles. The van der Waals surface area contributed by atoms with E-state index in [1.54, 1.807) is 17.6 Å². The number of fused-ring (bicyclic) bond motifs is 1. The van der Waals surface area contributed by atoms with Crippen molar-refractivity contribution < 1.29 is 4.74 Å². The van der Waals surface area contributed by atoms with Gasteiger partial charge in [0.05, 0.1) is 13.2 Å². The second-order valence-electron chi connectivity index (χ2n) is 5.65. The van der Waals surface area contributed by atoms with E-state index in [0.717, 1.165) is 5.75 Å². The minimum Gasteiger partial charge on any atom is -0.497 e. The number of ether oxygens (including phenoxy) is 1. The van der Waals surface area contributed by atoms with Crippen LogP contribution in [0.4, 0.5) is 0 Å². The number of hydrogen-bond acceptors (Lipinski definition) is 3. The molecule has 3 heteroatoms. The van der Waals surface area contributed by atoms with Gasteiger partial charge in [0.1, 0.15) is 5.75 Å². The Morgan fingerprint density at radius 3 is 2.57 bits per heavy atom. The van der Waals surface area contributed by atoms with Crippen LogP contribution >= 0.6 is 11.3 Å². The lowest BCUT2D eigenvalue weighted by Gasteiger charge is -2.15. The van der Waals surface area contributed by atoms with Crippen LogP contribution in [0.25, 0.3) is 0 Å². The summed E-state index contributed by atoms with van der Waals surface area (Å²) in [6.45, 7) is 0. The minimum absolute atomic E-state index is 0.285. The Bertz CT molecular complexity index is 564. The molecular formula is C18H23NOS. The highest BCUT2D eigenvalue weighted by Gasteiger charge is 2.18. The summed E-state index contributed by atoms with van der Waals surface area (Å²) in [6, 6.07) is 11.1. The number of rotatable bonds is 4. The summed E-state index contributed by atoms with van der Waals surface area (Å²) in [7, 11) is 3.75. The zero-order valence-electron chi connectivity index (χ0n) is 12.8. The molecule has 1 atom stereocenters. The van der Waals surface area contributed by atoms with Crippen molar-refractivity contribution in [3.8, 4) is 5.75 Å². The lowest BCUT2D eigenvalue weighted by Crippen LogP contribution is -2.16. The molecule has 2 aromatic rings. The molecule has 1 aliphatic rings. The van der Waals surface area contributed by atoms with Crippen LogP contribution in [0.15, 0.2) is 30.3 Å². The summed E-state index contributed by atoms with van der Waals surface area (Å²) in [5.41, 5.74) is 2.89. The molecule has 0 radical (unpaired) electrons. The van der Waals surface area contributed by atoms with Crippen molar-refractivity contribution >= 4 is 11.3 Å². The maximum atomic E-state index is 5.25. The molecule has 1 aromatic carbocycles. The average Bonchev–Trinajstić information content (AvgIpc) is 2.79. The van der Waals surface area contributed by atoms with Gasteiger partial charge in [-0.15, -0.1) is 11.3 Å². The highest BCUT2D eigenvalue weighted by molar-refractivity contribution is 7.12. The molecule has 0 fully saturated rings. The molecule has 0 amide bonds. The first kappa shape index (κ1) is 14.6. The largest absolute Gasteiger partial charge is 0.497 e. The van der Waals surface area contributed by atoms with Crippen molar-refractivity contribution in [3.63, 3.8) is 0 Å². The van der Waals surface area contributed by atoms with Crippen LogP contribution in [-0.2, 0) is 12.8 Å². The summed E-state index contributed by atoms with van der Waals surface area (Å²) in [5.74, 6) is 0.913. The van der Waals surface area contributed by atoms with Gasteiger partial charge in [-0.05, 0) is 62.1 Å². The Kier molecular flexibility index (Phi) is 4.61. The van der Waals surface area contributed by atoms with Gasteiger partial charge in [0.15, 0.2) is 0 Å². The van der Waals surface area contributed by atoms with E-state index in [0.29, 0.717) is 0 Å². The predicted molar refractivity (Wildman–Crippen MR) is 89.5 cm³/mol. The first-order valence-electron chi connectivity index (χ1n) is 7.74. The van der Waals surface area contributed by atoms with Crippen molar-refractivity contribution in [1.82, 2.24) is 5.32 Å². The SMILES string of the molecule is CNC(c1ccc(OC)cc1)c1cc2c(s1)CCCCC2. The highest BCUT2D eigenvalue weighted by Crippen LogP contribution is 2.35. The van der Waals surface area contributed by atoms with Crippen molar-refractivity contribution in [1.29, 1.82) is 0 Å². The first-order valence-corrected chi connectivity index (χ1v) is 8.56. The lowest BCUT2D eigenvalue weighted by atomic mass is 10.0. The molecule has 1 N–H and O–H groups in total. The third-order valence-electron chi connectivity index (χ3n) is 4.29. The van der Waals surface area contributed by atoms with Gasteiger partial charge >= 0.3 is 0 Å². The quantitative estimate of drug-likeness (QED) is 0.849. The van der Waals surface area contributed by atoms with Crippen LogP contribution in [0.2, 0.25) is 0 Å². The third kappa shape index (κ3) is 3.14. The van der Waals surface area contributed by atoms with Crippen molar-refractivity contribution in [3.05, 3.63) is 51.2 Å². The number of methoxy groups -OCH3 is 1. The van der Waals surface area contributed by atoms with Crippen molar-refractivity contribution in [2.24, 2.45) is 0 Å². The molecule has 0 aliphatic heterocycles. The van der Waals surface area contributed by atoms with Gasteiger partial charge in [0, 0.05) is 9.75 Å². The van der Waals surface area contributed by atoms with Crippen molar-refractivity contribution in [2.75, 3.05) is 14.2 Å². The lowest BCUT2D eigenvalue weighted by molar-refractivity contribution is 0.414. The number of benzene rings is 1. The molecule has 3 rings (SSSR count). The molecule has 0 saturated carbocycles. The molecule has 0 spiro atoms. The molecule has 1 aliphatic carbocycles. The van der Waals surface area contributed by atoms with E-state index in [1.165, 1.54) is 42.5 Å². The summed E-state index contributed by atoms with van der Waals surface area (Å²) >= 11 is 1.99. The van der Waals surface area contributed by atoms with Crippen LogP contribution in [0.5, 0.6) is 5.75 Å². The molecular weight excluding hydrogens is 278 g/mol. The molecule has 1 heterocycles. The summed E-state index contributed by atoms with van der Waals surface area (Å²) in [6.07, 6.45) is 6.59. The number of thiophene rings is 1. The summed E-state index contributed by atoms with van der Waals surface area (Å²) in [4.78, 5) is 3.05. The van der Waals surface area contributed by atoms with Gasteiger partial charge in [-0.3, -0.25) is 0 Å². The van der Waals surface area contributed by atoms with E-state index in [9.17, 15) is 0 Å². The van der Waals surface area contributed by atoms with Crippen LogP contribution in [0, 0.1) is 0 Å². The third-order valence-corrected chi connectivity index (χ3v) is 5.59. The van der Waals surface area contributed by atoms with E-state index < -0.39 is 0 Å². The molecule has 112 valence electrons. The van der Waals surface area contributed by atoms with E-state index in [1.807, 2.05) is 30.5 Å². The summed E-state index contributed by atoms with van der Waals surface area (Å²) < 4.78 is 5.25. The molecule has 1 aromatic heterocycles. The van der Waals surface area contributed by atoms with Crippen LogP contribution < -0.4 is 10.1 Å². The Morgan fingerprint density at radius 2 is 1.86 bits per heavy atom. The zero-order chi connectivity index (χ0) is 14.7. The van der Waals surface area contributed by atoms with Crippen LogP contribution in [0.3, 0.4) is 0 Å². The Balaban J connectivity index is 1.88. The number of aryl methyl sites for hydroxylation is 2. The normalized spacial score (nSPS) is 16.1.